The van der Waals surface area contributed by atoms with Gasteiger partial charge >= 0.3 is 0 Å². The van der Waals surface area contributed by atoms with Crippen molar-refractivity contribution in [2.24, 2.45) is 0 Å². The predicted octanol–water partition coefficient (Wildman–Crippen LogP) is 4.51. The van der Waals surface area contributed by atoms with E-state index in [2.05, 4.69) is 18.3 Å². The van der Waals surface area contributed by atoms with Gasteiger partial charge in [0.2, 0.25) is 0 Å². The van der Waals surface area contributed by atoms with Crippen molar-refractivity contribution in [3.63, 3.8) is 0 Å². The Morgan fingerprint density at radius 2 is 2.00 bits per heavy atom. The van der Waals surface area contributed by atoms with E-state index in [0.717, 1.165) is 34.4 Å². The molecule has 1 atom stereocenters. The van der Waals surface area contributed by atoms with Crippen molar-refractivity contribution in [2.45, 2.75) is 19.4 Å². The van der Waals surface area contributed by atoms with Crippen molar-refractivity contribution >= 4 is 22.9 Å². The molecule has 0 spiro atoms. The molecule has 2 rings (SSSR count). The van der Waals surface area contributed by atoms with Crippen molar-refractivity contribution in [1.82, 2.24) is 5.32 Å². The molecule has 0 radical (unpaired) electrons. The Morgan fingerprint density at radius 3 is 2.57 bits per heavy atom. The van der Waals surface area contributed by atoms with Crippen LogP contribution in [-0.2, 0) is 0 Å². The smallest absolute Gasteiger partial charge is 0.127 e. The molecule has 1 heterocycles. The van der Waals surface area contributed by atoms with Crippen LogP contribution in [0.1, 0.15) is 29.8 Å². The summed E-state index contributed by atoms with van der Waals surface area (Å²) in [5, 5.41) is 3.56. The molecule has 0 aliphatic rings. The first-order valence-electron chi connectivity index (χ1n) is 6.90. The van der Waals surface area contributed by atoms with Gasteiger partial charge in [-0.3, -0.25) is 0 Å². The minimum absolute atomic E-state index is 0.0725. The zero-order chi connectivity index (χ0) is 15.2. The largest absolute Gasteiger partial charge is 0.497 e. The van der Waals surface area contributed by atoms with Gasteiger partial charge in [-0.15, -0.1) is 11.3 Å². The second-order valence-corrected chi connectivity index (χ2v) is 6.38. The van der Waals surface area contributed by atoms with E-state index >= 15 is 0 Å². The first-order chi connectivity index (χ1) is 10.2. The van der Waals surface area contributed by atoms with E-state index in [4.69, 9.17) is 21.1 Å². The van der Waals surface area contributed by atoms with Crippen molar-refractivity contribution < 1.29 is 9.47 Å². The molecule has 0 aliphatic heterocycles. The summed E-state index contributed by atoms with van der Waals surface area (Å²) in [6.45, 7) is 3.08. The second kappa shape index (κ2) is 7.69. The van der Waals surface area contributed by atoms with Crippen LogP contribution in [0.5, 0.6) is 11.5 Å². The first-order valence-corrected chi connectivity index (χ1v) is 8.09. The highest BCUT2D eigenvalue weighted by Crippen LogP contribution is 2.36. The molecule has 5 heteroatoms. The summed E-state index contributed by atoms with van der Waals surface area (Å²) in [6.07, 6.45) is 1.06. The van der Waals surface area contributed by atoms with Gasteiger partial charge in [-0.2, -0.15) is 0 Å². The molecule has 3 nitrogen and oxygen atoms in total. The van der Waals surface area contributed by atoms with Gasteiger partial charge in [0.1, 0.15) is 11.5 Å². The number of methoxy groups -OCH3 is 2. The Bertz CT molecular complexity index is 585. The fourth-order valence-corrected chi connectivity index (χ4v) is 3.35. The molecular weight excluding hydrogens is 306 g/mol. The molecule has 1 N–H and O–H groups in total. The lowest BCUT2D eigenvalue weighted by molar-refractivity contribution is 0.387. The topological polar surface area (TPSA) is 30.5 Å². The summed E-state index contributed by atoms with van der Waals surface area (Å²) in [5.41, 5.74) is 1.09. The third kappa shape index (κ3) is 3.90. The maximum absolute atomic E-state index is 6.09. The van der Waals surface area contributed by atoms with E-state index in [0.29, 0.717) is 0 Å². The quantitative estimate of drug-likeness (QED) is 0.812. The van der Waals surface area contributed by atoms with Crippen LogP contribution in [-0.4, -0.2) is 20.8 Å². The summed E-state index contributed by atoms with van der Waals surface area (Å²) < 4.78 is 11.6. The SMILES string of the molecule is CCCNC(c1ccc(Cl)s1)c1ccc(OC)cc1OC. The second-order valence-electron chi connectivity index (χ2n) is 4.64. The lowest BCUT2D eigenvalue weighted by atomic mass is 10.0. The van der Waals surface area contributed by atoms with Crippen LogP contribution in [0, 0.1) is 0 Å². The summed E-state index contributed by atoms with van der Waals surface area (Å²) in [6, 6.07) is 9.96. The van der Waals surface area contributed by atoms with Crippen LogP contribution >= 0.6 is 22.9 Å². The standard InChI is InChI=1S/C16H20ClNO2S/c1-4-9-18-16(14-7-8-15(17)21-14)12-6-5-11(19-2)10-13(12)20-3/h5-8,10,16,18H,4,9H2,1-3H3. The van der Waals surface area contributed by atoms with Crippen LogP contribution < -0.4 is 14.8 Å². The zero-order valence-corrected chi connectivity index (χ0v) is 14.1. The molecule has 1 aromatic carbocycles. The van der Waals surface area contributed by atoms with E-state index in [1.165, 1.54) is 4.88 Å². The Labute approximate surface area is 134 Å². The Kier molecular flexibility index (Phi) is 5.91. The average molecular weight is 326 g/mol. The third-order valence-electron chi connectivity index (χ3n) is 3.23. The maximum atomic E-state index is 6.09. The normalized spacial score (nSPS) is 12.2. The number of ether oxygens (including phenoxy) is 2. The number of thiophene rings is 1. The average Bonchev–Trinajstić information content (AvgIpc) is 2.94. The molecule has 2 aromatic rings. The molecule has 0 amide bonds. The van der Waals surface area contributed by atoms with Gasteiger partial charge in [-0.1, -0.05) is 18.5 Å². The summed E-state index contributed by atoms with van der Waals surface area (Å²) in [5.74, 6) is 1.60. The number of hydrogen-bond acceptors (Lipinski definition) is 4. The number of nitrogens with one attached hydrogen (secondary N) is 1. The first kappa shape index (κ1) is 16.1. The molecular formula is C16H20ClNO2S. The van der Waals surface area contributed by atoms with Gasteiger partial charge in [0, 0.05) is 16.5 Å². The Balaban J connectivity index is 2.40. The van der Waals surface area contributed by atoms with Crippen molar-refractivity contribution in [1.29, 1.82) is 0 Å². The summed E-state index contributed by atoms with van der Waals surface area (Å²) >= 11 is 7.67. The highest BCUT2D eigenvalue weighted by molar-refractivity contribution is 7.16. The fourth-order valence-electron chi connectivity index (χ4n) is 2.19. The van der Waals surface area contributed by atoms with Gasteiger partial charge in [0.05, 0.1) is 24.6 Å². The maximum Gasteiger partial charge on any atom is 0.127 e. The van der Waals surface area contributed by atoms with Crippen molar-refractivity contribution in [3.05, 3.63) is 45.1 Å². The predicted molar refractivity (Wildman–Crippen MR) is 89.0 cm³/mol. The highest BCUT2D eigenvalue weighted by Gasteiger charge is 2.20. The highest BCUT2D eigenvalue weighted by atomic mass is 35.5. The van der Waals surface area contributed by atoms with E-state index in [-0.39, 0.29) is 6.04 Å². The van der Waals surface area contributed by atoms with E-state index in [1.807, 2.05) is 24.3 Å². The molecule has 0 saturated carbocycles. The minimum Gasteiger partial charge on any atom is -0.497 e. The Hall–Kier alpha value is -1.23. The summed E-state index contributed by atoms with van der Waals surface area (Å²) in [4.78, 5) is 1.18. The summed E-state index contributed by atoms with van der Waals surface area (Å²) in [7, 11) is 3.33. The Morgan fingerprint density at radius 1 is 1.19 bits per heavy atom. The molecule has 0 saturated heterocycles. The van der Waals surface area contributed by atoms with Gasteiger partial charge in [0.25, 0.3) is 0 Å². The van der Waals surface area contributed by atoms with E-state index < -0.39 is 0 Å². The number of hydrogen-bond donors (Lipinski definition) is 1. The molecule has 1 aromatic heterocycles. The van der Waals surface area contributed by atoms with Gasteiger partial charge < -0.3 is 14.8 Å². The van der Waals surface area contributed by atoms with E-state index in [1.54, 1.807) is 25.6 Å². The number of rotatable bonds is 7. The van der Waals surface area contributed by atoms with Crippen LogP contribution in [0.3, 0.4) is 0 Å². The van der Waals surface area contributed by atoms with Gasteiger partial charge in [0.15, 0.2) is 0 Å². The van der Waals surface area contributed by atoms with Crippen LogP contribution in [0.4, 0.5) is 0 Å². The zero-order valence-electron chi connectivity index (χ0n) is 12.5. The number of benzene rings is 1. The number of halogens is 1. The van der Waals surface area contributed by atoms with Crippen LogP contribution in [0.25, 0.3) is 0 Å². The molecule has 0 bridgehead atoms. The van der Waals surface area contributed by atoms with Crippen LogP contribution in [0.2, 0.25) is 4.34 Å². The molecule has 21 heavy (non-hydrogen) atoms. The molecule has 114 valence electrons. The van der Waals surface area contributed by atoms with Crippen molar-refractivity contribution in [3.8, 4) is 11.5 Å². The van der Waals surface area contributed by atoms with Crippen molar-refractivity contribution in [2.75, 3.05) is 20.8 Å². The molecule has 0 aliphatic carbocycles. The lowest BCUT2D eigenvalue weighted by Crippen LogP contribution is -2.22. The monoisotopic (exact) mass is 325 g/mol. The molecule has 1 unspecified atom stereocenters. The minimum atomic E-state index is 0.0725. The van der Waals surface area contributed by atoms with Crippen LogP contribution in [0.15, 0.2) is 30.3 Å². The van der Waals surface area contributed by atoms with Gasteiger partial charge in [-0.25, -0.2) is 0 Å². The van der Waals surface area contributed by atoms with E-state index in [9.17, 15) is 0 Å². The fraction of sp³-hybridized carbons (Fsp3) is 0.375. The lowest BCUT2D eigenvalue weighted by Gasteiger charge is -2.20. The third-order valence-corrected chi connectivity index (χ3v) is 4.52. The van der Waals surface area contributed by atoms with Gasteiger partial charge in [-0.05, 0) is 37.2 Å². The molecule has 0 fully saturated rings.